The predicted molar refractivity (Wildman–Crippen MR) is 213 cm³/mol. The Morgan fingerprint density at radius 1 is 1.04 bits per heavy atom. The van der Waals surface area contributed by atoms with Gasteiger partial charge in [0.05, 0.1) is 35.5 Å². The Morgan fingerprint density at radius 2 is 1.82 bits per heavy atom. The molecular formula is C39H47ClFN8O5P. The van der Waals surface area contributed by atoms with Crippen LogP contribution in [0, 0.1) is 5.82 Å². The highest BCUT2D eigenvalue weighted by Gasteiger charge is 2.36. The maximum Gasteiger partial charge on any atom is 0.362 e. The summed E-state index contributed by atoms with van der Waals surface area (Å²) in [6.45, 7) is 4.50. The Morgan fingerprint density at radius 3 is 2.55 bits per heavy atom. The number of aromatic nitrogens is 2. The first kappa shape index (κ1) is 39.0. The maximum absolute atomic E-state index is 15.3. The molecule has 1 unspecified atom stereocenters. The zero-order chi connectivity index (χ0) is 38.7. The summed E-state index contributed by atoms with van der Waals surface area (Å²) < 4.78 is 44.7. The number of anilines is 5. The molecule has 0 radical (unpaired) electrons. The molecule has 3 aliphatic rings. The number of piperidine rings is 2. The Balaban J connectivity index is 0.972. The Hall–Kier alpha value is -4.30. The van der Waals surface area contributed by atoms with Gasteiger partial charge in [-0.25, -0.2) is 9.37 Å². The van der Waals surface area contributed by atoms with Gasteiger partial charge in [0.25, 0.3) is 5.91 Å². The molecule has 0 bridgehead atoms. The van der Waals surface area contributed by atoms with Gasteiger partial charge in [-0.1, -0.05) is 29.8 Å². The summed E-state index contributed by atoms with van der Waals surface area (Å²) in [7, 11) is 2.80. The highest BCUT2D eigenvalue weighted by atomic mass is 35.5. The first-order valence-electron chi connectivity index (χ1n) is 18.4. The van der Waals surface area contributed by atoms with E-state index in [1.165, 1.54) is 20.4 Å². The Kier molecular flexibility index (Phi) is 11.9. The summed E-state index contributed by atoms with van der Waals surface area (Å²) in [5.74, 6) is 0.588. The molecule has 2 fully saturated rings. The number of nitrogens with zero attached hydrogens (tertiary/aromatic N) is 5. The van der Waals surface area contributed by atoms with Crippen LogP contribution in [0.1, 0.15) is 47.2 Å². The molecule has 13 nitrogen and oxygen atoms in total. The van der Waals surface area contributed by atoms with Crippen molar-refractivity contribution in [3.05, 3.63) is 88.3 Å². The molecule has 7 rings (SSSR count). The molecule has 3 aliphatic heterocycles. The molecule has 3 aromatic carbocycles. The zero-order valence-corrected chi connectivity index (χ0v) is 33.1. The van der Waals surface area contributed by atoms with Crippen LogP contribution in [0.3, 0.4) is 0 Å². The smallest absolute Gasteiger partial charge is 0.362 e. The zero-order valence-electron chi connectivity index (χ0n) is 31.5. The van der Waals surface area contributed by atoms with Crippen LogP contribution in [-0.2, 0) is 26.7 Å². The fourth-order valence-electron chi connectivity index (χ4n) is 7.79. The van der Waals surface area contributed by atoms with Gasteiger partial charge in [0.1, 0.15) is 16.6 Å². The Labute approximate surface area is 326 Å². The van der Waals surface area contributed by atoms with Crippen molar-refractivity contribution in [1.29, 1.82) is 0 Å². The molecule has 1 amide bonds. The number of para-hydroxylation sites is 1. The normalized spacial score (nSPS) is 17.8. The lowest BCUT2D eigenvalue weighted by Gasteiger charge is -2.38. The highest BCUT2D eigenvalue weighted by Crippen LogP contribution is 2.47. The van der Waals surface area contributed by atoms with Gasteiger partial charge in [-0.05, 0) is 80.7 Å². The summed E-state index contributed by atoms with van der Waals surface area (Å²) in [5.41, 5.74) is 4.09. The van der Waals surface area contributed by atoms with Crippen molar-refractivity contribution >= 4 is 59.2 Å². The molecule has 2 saturated heterocycles. The van der Waals surface area contributed by atoms with Crippen molar-refractivity contribution in [2.75, 3.05) is 70.1 Å². The second-order valence-electron chi connectivity index (χ2n) is 14.1. The van der Waals surface area contributed by atoms with Crippen LogP contribution in [0.15, 0.2) is 60.8 Å². The summed E-state index contributed by atoms with van der Waals surface area (Å²) in [5, 5.41) is 10.3. The molecule has 4 aromatic rings. The van der Waals surface area contributed by atoms with E-state index in [9.17, 15) is 9.36 Å². The molecule has 1 aromatic heterocycles. The molecule has 55 heavy (non-hydrogen) atoms. The van der Waals surface area contributed by atoms with Crippen molar-refractivity contribution in [2.24, 2.45) is 0 Å². The number of rotatable bonds is 13. The number of amides is 1. The standard InChI is InChI=1S/C39H47ClFN8O5P/c1-47(23-25-18-26-24-49(29-8-7-15-42-21-29)38(50)36(26)31(41)19-25)27-13-16-48(17-14-27)28-11-12-32(34(20-28)52-2)45-39-43-22-30(40)37(46-39)44-33-9-5-6-10-35(33)55(51,53-3)54-4/h5-6,9-12,18-20,22,27,29,42H,7-8,13-17,21,23-24H2,1-4H3,(H2,43,44,45,46). The fourth-order valence-corrected chi connectivity index (χ4v) is 9.16. The molecule has 3 N–H and O–H groups in total. The van der Waals surface area contributed by atoms with Gasteiger partial charge in [-0.15, -0.1) is 0 Å². The number of halogens is 2. The van der Waals surface area contributed by atoms with E-state index in [2.05, 4.69) is 42.8 Å². The number of hydrogen-bond acceptors (Lipinski definition) is 12. The molecule has 0 aliphatic carbocycles. The van der Waals surface area contributed by atoms with E-state index in [0.29, 0.717) is 47.4 Å². The van der Waals surface area contributed by atoms with Gasteiger partial charge < -0.3 is 39.5 Å². The lowest BCUT2D eigenvalue weighted by molar-refractivity contribution is 0.0671. The number of carbonyl (C=O) groups is 1. The SMILES string of the molecule is COc1cc(N2CCC(N(C)Cc3cc(F)c4c(c3)CN(C3CCCNC3)C4=O)CC2)ccc1Nc1ncc(Cl)c(Nc2ccccc2P(=O)(OC)OC)n1. The molecule has 0 saturated carbocycles. The fraction of sp³-hybridized carbons (Fsp3) is 0.410. The van der Waals surface area contributed by atoms with Crippen LogP contribution in [0.4, 0.5) is 33.2 Å². The van der Waals surface area contributed by atoms with Gasteiger partial charge in [0, 0.05) is 70.8 Å². The van der Waals surface area contributed by atoms with E-state index >= 15 is 4.39 Å². The van der Waals surface area contributed by atoms with Gasteiger partial charge in [-0.3, -0.25) is 14.3 Å². The summed E-state index contributed by atoms with van der Waals surface area (Å²) >= 11 is 6.47. The first-order valence-corrected chi connectivity index (χ1v) is 20.4. The van der Waals surface area contributed by atoms with Crippen molar-refractivity contribution in [3.63, 3.8) is 0 Å². The minimum absolute atomic E-state index is 0.113. The molecule has 0 spiro atoms. The van der Waals surface area contributed by atoms with Crippen LogP contribution in [0.5, 0.6) is 5.75 Å². The number of nitrogens with one attached hydrogen (secondary N) is 3. The van der Waals surface area contributed by atoms with Crippen LogP contribution in [0.25, 0.3) is 0 Å². The topological polar surface area (TPSA) is 133 Å². The van der Waals surface area contributed by atoms with E-state index in [1.807, 2.05) is 29.2 Å². The second kappa shape index (κ2) is 16.8. The number of fused-ring (bicyclic) bond motifs is 1. The van der Waals surface area contributed by atoms with E-state index in [1.54, 1.807) is 37.4 Å². The largest absolute Gasteiger partial charge is 0.494 e. The minimum atomic E-state index is -3.56. The van der Waals surface area contributed by atoms with Gasteiger partial charge >= 0.3 is 7.60 Å². The second-order valence-corrected chi connectivity index (χ2v) is 16.7. The van der Waals surface area contributed by atoms with E-state index in [4.69, 9.17) is 25.4 Å². The number of carbonyl (C=O) groups excluding carboxylic acids is 1. The van der Waals surface area contributed by atoms with Crippen LogP contribution < -0.4 is 30.9 Å². The number of ether oxygens (including phenoxy) is 1. The lowest BCUT2D eigenvalue weighted by atomic mass is 10.0. The molecule has 16 heteroatoms. The third-order valence-electron chi connectivity index (χ3n) is 10.8. The van der Waals surface area contributed by atoms with Crippen LogP contribution in [-0.4, -0.2) is 92.3 Å². The van der Waals surface area contributed by atoms with Crippen LogP contribution >= 0.6 is 19.2 Å². The van der Waals surface area contributed by atoms with Crippen molar-refractivity contribution in [1.82, 2.24) is 25.1 Å². The minimum Gasteiger partial charge on any atom is -0.494 e. The van der Waals surface area contributed by atoms with Crippen molar-refractivity contribution < 1.29 is 27.5 Å². The summed E-state index contributed by atoms with van der Waals surface area (Å²) in [4.78, 5) is 28.5. The first-order chi connectivity index (χ1) is 26.6. The number of benzene rings is 3. The van der Waals surface area contributed by atoms with Gasteiger partial charge in [0.15, 0.2) is 5.82 Å². The molecule has 4 heterocycles. The molecule has 1 atom stereocenters. The highest BCUT2D eigenvalue weighted by molar-refractivity contribution is 7.62. The van der Waals surface area contributed by atoms with E-state index < -0.39 is 13.4 Å². The van der Waals surface area contributed by atoms with Crippen molar-refractivity contribution in [2.45, 2.75) is 50.9 Å². The van der Waals surface area contributed by atoms with Crippen molar-refractivity contribution in [3.8, 4) is 5.75 Å². The van der Waals surface area contributed by atoms with Crippen LogP contribution in [0.2, 0.25) is 5.02 Å². The number of methoxy groups -OCH3 is 1. The summed E-state index contributed by atoms with van der Waals surface area (Å²) in [6, 6.07) is 16.9. The quantitative estimate of drug-likeness (QED) is 0.125. The molecular weight excluding hydrogens is 746 g/mol. The Bertz CT molecular complexity index is 2070. The third-order valence-corrected chi connectivity index (χ3v) is 13.0. The van der Waals surface area contributed by atoms with Gasteiger partial charge in [0.2, 0.25) is 5.95 Å². The van der Waals surface area contributed by atoms with Gasteiger partial charge in [-0.2, -0.15) is 4.98 Å². The summed E-state index contributed by atoms with van der Waals surface area (Å²) in [6.07, 6.45) is 5.32. The maximum atomic E-state index is 15.3. The average molecular weight is 793 g/mol. The molecule has 292 valence electrons. The predicted octanol–water partition coefficient (Wildman–Crippen LogP) is 6.68. The van der Waals surface area contributed by atoms with E-state index in [0.717, 1.165) is 68.7 Å². The van der Waals surface area contributed by atoms with E-state index in [-0.39, 0.29) is 28.5 Å². The average Bonchev–Trinajstić information content (AvgIpc) is 3.55. The monoisotopic (exact) mass is 792 g/mol. The number of hydrogen-bond donors (Lipinski definition) is 3. The third kappa shape index (κ3) is 8.30. The lowest BCUT2D eigenvalue weighted by Crippen LogP contribution is -2.46.